The molecule has 1 fully saturated rings. The lowest BCUT2D eigenvalue weighted by Gasteiger charge is -2.29. The molecule has 0 aromatic carbocycles. The molecule has 1 N–H and O–H groups in total. The van der Waals surface area contributed by atoms with Crippen LogP contribution < -0.4 is 5.32 Å². The second-order valence-corrected chi connectivity index (χ2v) is 5.91. The molecule has 2 rings (SSSR count). The van der Waals surface area contributed by atoms with Gasteiger partial charge in [0.2, 0.25) is 0 Å². The van der Waals surface area contributed by atoms with E-state index in [9.17, 15) is 0 Å². The molecule has 1 aromatic rings. The normalized spacial score (nSPS) is 23.3. The first-order chi connectivity index (χ1) is 9.21. The maximum absolute atomic E-state index is 6.07. The zero-order chi connectivity index (χ0) is 13.7. The van der Waals surface area contributed by atoms with Crippen LogP contribution in [0.25, 0.3) is 0 Å². The van der Waals surface area contributed by atoms with Crippen molar-refractivity contribution in [1.82, 2.24) is 9.97 Å². The second kappa shape index (κ2) is 7.09. The Labute approximate surface area is 121 Å². The molecular weight excluding hydrogens is 258 g/mol. The van der Waals surface area contributed by atoms with Crippen LogP contribution in [0.5, 0.6) is 0 Å². The van der Waals surface area contributed by atoms with Gasteiger partial charge in [-0.25, -0.2) is 9.97 Å². The van der Waals surface area contributed by atoms with Crippen LogP contribution in [0, 0.1) is 5.92 Å². The Kier molecular flexibility index (Phi) is 5.44. The summed E-state index contributed by atoms with van der Waals surface area (Å²) in [6, 6.07) is 2.38. The minimum absolute atomic E-state index is 0.541. The van der Waals surface area contributed by atoms with Gasteiger partial charge in [-0.15, -0.1) is 0 Å². The van der Waals surface area contributed by atoms with Crippen molar-refractivity contribution in [1.29, 1.82) is 0 Å². The van der Waals surface area contributed by atoms with Crippen LogP contribution in [0.2, 0.25) is 5.15 Å². The Hall–Kier alpha value is -0.830. The summed E-state index contributed by atoms with van der Waals surface area (Å²) in [7, 11) is 0. The fourth-order valence-corrected chi connectivity index (χ4v) is 3.08. The predicted octanol–water partition coefficient (Wildman–Crippen LogP) is 4.46. The number of nitrogens with one attached hydrogen (secondary N) is 1. The summed E-state index contributed by atoms with van der Waals surface area (Å²) in [5, 5.41) is 4.09. The summed E-state index contributed by atoms with van der Waals surface area (Å²) in [4.78, 5) is 8.82. The molecule has 0 amide bonds. The Morgan fingerprint density at radius 2 is 2.16 bits per heavy atom. The molecule has 1 aromatic heterocycles. The first kappa shape index (κ1) is 14.6. The maximum atomic E-state index is 6.07. The second-order valence-electron chi connectivity index (χ2n) is 5.52. The standard InChI is InChI=1S/C15H24ClN3/c1-3-6-14-18-13(16)10-15(19-14)17-12-8-5-7-11(4-2)9-12/h10-12H,3-9H2,1-2H3,(H,17,18,19). The van der Waals surface area contributed by atoms with Crippen molar-refractivity contribution in [3.8, 4) is 0 Å². The number of nitrogens with zero attached hydrogens (tertiary/aromatic N) is 2. The van der Waals surface area contributed by atoms with Crippen molar-refractivity contribution in [2.45, 2.75) is 64.8 Å². The van der Waals surface area contributed by atoms with Gasteiger partial charge >= 0.3 is 0 Å². The van der Waals surface area contributed by atoms with E-state index in [0.29, 0.717) is 11.2 Å². The van der Waals surface area contributed by atoms with E-state index < -0.39 is 0 Å². The molecule has 2 atom stereocenters. The molecule has 0 aliphatic heterocycles. The number of anilines is 1. The van der Waals surface area contributed by atoms with Crippen LogP contribution in [0.15, 0.2) is 6.07 Å². The zero-order valence-corrected chi connectivity index (χ0v) is 12.7. The lowest BCUT2D eigenvalue weighted by molar-refractivity contribution is 0.327. The van der Waals surface area contributed by atoms with Gasteiger partial charge in [0.05, 0.1) is 0 Å². The van der Waals surface area contributed by atoms with E-state index in [0.717, 1.165) is 30.4 Å². The quantitative estimate of drug-likeness (QED) is 0.810. The van der Waals surface area contributed by atoms with Crippen molar-refractivity contribution in [2.24, 2.45) is 5.92 Å². The molecule has 106 valence electrons. The van der Waals surface area contributed by atoms with E-state index in [4.69, 9.17) is 11.6 Å². The van der Waals surface area contributed by atoms with Gasteiger partial charge in [0.1, 0.15) is 16.8 Å². The highest BCUT2D eigenvalue weighted by atomic mass is 35.5. The number of aryl methyl sites for hydroxylation is 1. The lowest BCUT2D eigenvalue weighted by atomic mass is 9.84. The number of hydrogen-bond acceptors (Lipinski definition) is 3. The van der Waals surface area contributed by atoms with Gasteiger partial charge in [-0.1, -0.05) is 44.7 Å². The summed E-state index contributed by atoms with van der Waals surface area (Å²) in [6.45, 7) is 4.41. The maximum Gasteiger partial charge on any atom is 0.134 e. The minimum Gasteiger partial charge on any atom is -0.367 e. The Bertz CT molecular complexity index is 408. The number of aromatic nitrogens is 2. The molecule has 4 heteroatoms. The van der Waals surface area contributed by atoms with E-state index in [2.05, 4.69) is 29.1 Å². The third kappa shape index (κ3) is 4.34. The first-order valence-corrected chi connectivity index (χ1v) is 7.89. The molecular formula is C15H24ClN3. The minimum atomic E-state index is 0.541. The largest absolute Gasteiger partial charge is 0.367 e. The highest BCUT2D eigenvalue weighted by molar-refractivity contribution is 6.29. The Balaban J connectivity index is 2.01. The first-order valence-electron chi connectivity index (χ1n) is 7.51. The van der Waals surface area contributed by atoms with Gasteiger partial charge in [0, 0.05) is 18.5 Å². The predicted molar refractivity (Wildman–Crippen MR) is 80.7 cm³/mol. The Morgan fingerprint density at radius 3 is 2.89 bits per heavy atom. The highest BCUT2D eigenvalue weighted by Crippen LogP contribution is 2.28. The monoisotopic (exact) mass is 281 g/mol. The van der Waals surface area contributed by atoms with Gasteiger partial charge in [-0.2, -0.15) is 0 Å². The summed E-state index contributed by atoms with van der Waals surface area (Å²) < 4.78 is 0. The van der Waals surface area contributed by atoms with Gasteiger partial charge in [0.25, 0.3) is 0 Å². The fourth-order valence-electron chi connectivity index (χ4n) is 2.88. The summed E-state index contributed by atoms with van der Waals surface area (Å²) in [5.74, 6) is 2.60. The van der Waals surface area contributed by atoms with Crippen molar-refractivity contribution in [2.75, 3.05) is 5.32 Å². The van der Waals surface area contributed by atoms with Crippen molar-refractivity contribution >= 4 is 17.4 Å². The summed E-state index contributed by atoms with van der Waals surface area (Å²) >= 11 is 6.07. The fraction of sp³-hybridized carbons (Fsp3) is 0.733. The molecule has 0 spiro atoms. The van der Waals surface area contributed by atoms with E-state index in [1.807, 2.05) is 6.07 Å². The highest BCUT2D eigenvalue weighted by Gasteiger charge is 2.21. The molecule has 1 aliphatic rings. The molecule has 0 saturated heterocycles. The van der Waals surface area contributed by atoms with Crippen LogP contribution in [0.4, 0.5) is 5.82 Å². The molecule has 1 saturated carbocycles. The van der Waals surface area contributed by atoms with Crippen LogP contribution in [0.1, 0.15) is 58.2 Å². The molecule has 0 radical (unpaired) electrons. The van der Waals surface area contributed by atoms with E-state index in [-0.39, 0.29) is 0 Å². The van der Waals surface area contributed by atoms with Crippen LogP contribution in [0.3, 0.4) is 0 Å². The summed E-state index contributed by atoms with van der Waals surface area (Å²) in [6.07, 6.45) is 8.39. The van der Waals surface area contributed by atoms with E-state index >= 15 is 0 Å². The van der Waals surface area contributed by atoms with Crippen LogP contribution in [-0.4, -0.2) is 16.0 Å². The van der Waals surface area contributed by atoms with E-state index in [1.165, 1.54) is 32.1 Å². The molecule has 19 heavy (non-hydrogen) atoms. The molecule has 0 bridgehead atoms. The van der Waals surface area contributed by atoms with Gasteiger partial charge in [0.15, 0.2) is 0 Å². The zero-order valence-electron chi connectivity index (χ0n) is 12.0. The molecule has 1 heterocycles. The third-order valence-corrected chi connectivity index (χ3v) is 4.12. The van der Waals surface area contributed by atoms with Gasteiger partial charge in [-0.3, -0.25) is 0 Å². The van der Waals surface area contributed by atoms with Crippen LogP contribution in [-0.2, 0) is 6.42 Å². The van der Waals surface area contributed by atoms with Crippen LogP contribution >= 0.6 is 11.6 Å². The van der Waals surface area contributed by atoms with E-state index in [1.54, 1.807) is 0 Å². The summed E-state index contributed by atoms with van der Waals surface area (Å²) in [5.41, 5.74) is 0. The number of halogens is 1. The van der Waals surface area contributed by atoms with Crippen molar-refractivity contribution in [3.63, 3.8) is 0 Å². The SMILES string of the molecule is CCCc1nc(Cl)cc(NC2CCCC(CC)C2)n1. The topological polar surface area (TPSA) is 37.8 Å². The van der Waals surface area contributed by atoms with Gasteiger partial charge < -0.3 is 5.32 Å². The molecule has 1 aliphatic carbocycles. The number of hydrogen-bond donors (Lipinski definition) is 1. The average molecular weight is 282 g/mol. The molecule has 2 unspecified atom stereocenters. The average Bonchev–Trinajstić information content (AvgIpc) is 2.38. The number of rotatable bonds is 5. The Morgan fingerprint density at radius 1 is 1.32 bits per heavy atom. The van der Waals surface area contributed by atoms with Crippen molar-refractivity contribution < 1.29 is 0 Å². The smallest absolute Gasteiger partial charge is 0.134 e. The lowest BCUT2D eigenvalue weighted by Crippen LogP contribution is -2.27. The molecule has 3 nitrogen and oxygen atoms in total. The van der Waals surface area contributed by atoms with Crippen molar-refractivity contribution in [3.05, 3.63) is 17.0 Å². The third-order valence-electron chi connectivity index (χ3n) is 3.93. The van der Waals surface area contributed by atoms with Gasteiger partial charge in [-0.05, 0) is 25.2 Å².